The number of benzene rings is 1. The molecule has 1 aliphatic heterocycles. The Morgan fingerprint density at radius 2 is 2.06 bits per heavy atom. The molecule has 0 atom stereocenters. The van der Waals surface area contributed by atoms with Crippen molar-refractivity contribution in [1.29, 1.82) is 0 Å². The standard InChI is InChI=1S/C21H20ClF3N4O3S2/c1-32-4-5-34(30,31)14-8-18(33-11-14)19-15(21(23,24)25)10-27-20(29-19)28-17-7-12-2-3-26-9-13(12)6-16(17)22/h6-8,10-11,26H,2-5,9H2,1H3,(H,27,28,29). The Balaban J connectivity index is 1.71. The van der Waals surface area contributed by atoms with Crippen molar-refractivity contribution >= 4 is 44.4 Å². The third kappa shape index (κ3) is 5.36. The van der Waals surface area contributed by atoms with Crippen molar-refractivity contribution in [3.8, 4) is 10.6 Å². The monoisotopic (exact) mass is 532 g/mol. The molecular formula is C21H20ClF3N4O3S2. The van der Waals surface area contributed by atoms with Crippen LogP contribution >= 0.6 is 22.9 Å². The summed E-state index contributed by atoms with van der Waals surface area (Å²) in [5, 5.41) is 7.83. The largest absolute Gasteiger partial charge is 0.420 e. The molecule has 0 spiro atoms. The van der Waals surface area contributed by atoms with Gasteiger partial charge in [-0.3, -0.25) is 0 Å². The molecule has 2 aromatic heterocycles. The van der Waals surface area contributed by atoms with Crippen LogP contribution in [-0.4, -0.2) is 44.4 Å². The zero-order chi connectivity index (χ0) is 24.5. The van der Waals surface area contributed by atoms with Gasteiger partial charge in [0.05, 0.1) is 38.5 Å². The lowest BCUT2D eigenvalue weighted by atomic mass is 10.0. The lowest BCUT2D eigenvalue weighted by Crippen LogP contribution is -2.23. The Bertz CT molecular complexity index is 1310. The van der Waals surface area contributed by atoms with Crippen molar-refractivity contribution in [2.45, 2.75) is 24.0 Å². The number of aromatic nitrogens is 2. The van der Waals surface area contributed by atoms with Crippen LogP contribution in [0.2, 0.25) is 5.02 Å². The Morgan fingerprint density at radius 3 is 2.79 bits per heavy atom. The molecule has 34 heavy (non-hydrogen) atoms. The van der Waals surface area contributed by atoms with E-state index in [0.717, 1.165) is 35.4 Å². The first kappa shape index (κ1) is 24.9. The molecule has 0 saturated heterocycles. The molecule has 0 aliphatic carbocycles. The summed E-state index contributed by atoms with van der Waals surface area (Å²) < 4.78 is 70.7. The molecule has 182 valence electrons. The molecule has 4 rings (SSSR count). The fraction of sp³-hybridized carbons (Fsp3) is 0.333. The summed E-state index contributed by atoms with van der Waals surface area (Å²) >= 11 is 7.23. The molecule has 1 aromatic carbocycles. The number of nitrogens with one attached hydrogen (secondary N) is 2. The van der Waals surface area contributed by atoms with E-state index in [1.165, 1.54) is 18.6 Å². The van der Waals surface area contributed by atoms with Crippen LogP contribution in [-0.2, 0) is 33.7 Å². The van der Waals surface area contributed by atoms with Crippen LogP contribution in [0.25, 0.3) is 10.6 Å². The SMILES string of the molecule is COCCS(=O)(=O)c1csc(-c2nc(Nc3cc4c(cc3Cl)CNCC4)ncc2C(F)(F)F)c1. The van der Waals surface area contributed by atoms with Crippen molar-refractivity contribution in [2.24, 2.45) is 0 Å². The summed E-state index contributed by atoms with van der Waals surface area (Å²) in [5.41, 5.74) is 1.12. The van der Waals surface area contributed by atoms with Gasteiger partial charge in [-0.25, -0.2) is 18.4 Å². The summed E-state index contributed by atoms with van der Waals surface area (Å²) in [6.45, 7) is 1.47. The minimum absolute atomic E-state index is 0.0273. The van der Waals surface area contributed by atoms with E-state index in [2.05, 4.69) is 20.6 Å². The van der Waals surface area contributed by atoms with E-state index in [1.54, 1.807) is 6.07 Å². The first-order chi connectivity index (χ1) is 16.1. The van der Waals surface area contributed by atoms with Gasteiger partial charge in [0.2, 0.25) is 5.95 Å². The highest BCUT2D eigenvalue weighted by Crippen LogP contribution is 2.39. The molecule has 0 amide bonds. The van der Waals surface area contributed by atoms with Crippen LogP contribution in [0.1, 0.15) is 16.7 Å². The van der Waals surface area contributed by atoms with Gasteiger partial charge in [0.15, 0.2) is 9.84 Å². The van der Waals surface area contributed by atoms with E-state index in [9.17, 15) is 21.6 Å². The number of nitrogens with zero attached hydrogens (tertiary/aromatic N) is 2. The summed E-state index contributed by atoms with van der Waals surface area (Å²) in [4.78, 5) is 7.89. The van der Waals surface area contributed by atoms with Gasteiger partial charge in [-0.1, -0.05) is 11.6 Å². The summed E-state index contributed by atoms with van der Waals surface area (Å²) in [7, 11) is -2.34. The van der Waals surface area contributed by atoms with Crippen LogP contribution in [0.3, 0.4) is 0 Å². The minimum atomic E-state index is -4.73. The van der Waals surface area contributed by atoms with Gasteiger partial charge in [0.25, 0.3) is 0 Å². The summed E-state index contributed by atoms with van der Waals surface area (Å²) in [5.74, 6) is -0.370. The number of hydrogen-bond acceptors (Lipinski definition) is 8. The van der Waals surface area contributed by atoms with Crippen molar-refractivity contribution in [1.82, 2.24) is 15.3 Å². The van der Waals surface area contributed by atoms with Crippen LogP contribution < -0.4 is 10.6 Å². The Morgan fingerprint density at radius 1 is 1.26 bits per heavy atom. The molecule has 1 aliphatic rings. The van der Waals surface area contributed by atoms with Gasteiger partial charge >= 0.3 is 6.18 Å². The molecule has 0 unspecified atom stereocenters. The van der Waals surface area contributed by atoms with Crippen LogP contribution in [0, 0.1) is 0 Å². The smallest absolute Gasteiger partial charge is 0.384 e. The van der Waals surface area contributed by atoms with Gasteiger partial charge < -0.3 is 15.4 Å². The number of rotatable bonds is 7. The van der Waals surface area contributed by atoms with Gasteiger partial charge in [-0.15, -0.1) is 11.3 Å². The van der Waals surface area contributed by atoms with Gasteiger partial charge in [-0.05, 0) is 42.3 Å². The first-order valence-corrected chi connectivity index (χ1v) is 13.0. The Labute approximate surface area is 203 Å². The topological polar surface area (TPSA) is 93.2 Å². The second-order valence-corrected chi connectivity index (χ2v) is 11.0. The highest BCUT2D eigenvalue weighted by atomic mass is 35.5. The van der Waals surface area contributed by atoms with E-state index in [4.69, 9.17) is 16.3 Å². The fourth-order valence-corrected chi connectivity index (χ4v) is 6.20. The minimum Gasteiger partial charge on any atom is -0.384 e. The van der Waals surface area contributed by atoms with Gasteiger partial charge in [0, 0.05) is 25.2 Å². The van der Waals surface area contributed by atoms with Crippen molar-refractivity contribution in [3.05, 3.63) is 51.5 Å². The number of anilines is 2. The zero-order valence-corrected chi connectivity index (χ0v) is 20.3. The van der Waals surface area contributed by atoms with E-state index in [1.807, 2.05) is 6.07 Å². The molecule has 0 fully saturated rings. The predicted octanol–water partition coefficient (Wildman–Crippen LogP) is 4.69. The highest BCUT2D eigenvalue weighted by Gasteiger charge is 2.36. The van der Waals surface area contributed by atoms with E-state index >= 15 is 0 Å². The number of halogens is 4. The molecule has 0 bridgehead atoms. The maximum Gasteiger partial charge on any atom is 0.420 e. The third-order valence-electron chi connectivity index (χ3n) is 5.24. The number of methoxy groups -OCH3 is 1. The third-order valence-corrected chi connectivity index (χ3v) is 8.30. The van der Waals surface area contributed by atoms with Crippen LogP contribution in [0.5, 0.6) is 0 Å². The van der Waals surface area contributed by atoms with E-state index in [-0.39, 0.29) is 28.1 Å². The molecule has 0 radical (unpaired) electrons. The summed E-state index contributed by atoms with van der Waals surface area (Å²) in [6, 6.07) is 4.83. The highest BCUT2D eigenvalue weighted by molar-refractivity contribution is 7.91. The molecule has 13 heteroatoms. The van der Waals surface area contributed by atoms with Crippen molar-refractivity contribution < 1.29 is 26.3 Å². The normalized spacial score (nSPS) is 14.1. The molecule has 7 nitrogen and oxygen atoms in total. The Hall–Kier alpha value is -2.25. The molecule has 3 heterocycles. The number of thiophene rings is 1. The van der Waals surface area contributed by atoms with Gasteiger partial charge in [0.1, 0.15) is 5.56 Å². The zero-order valence-electron chi connectivity index (χ0n) is 17.9. The average Bonchev–Trinajstić information content (AvgIpc) is 3.29. The lowest BCUT2D eigenvalue weighted by Gasteiger charge is -2.19. The quantitative estimate of drug-likeness (QED) is 0.456. The maximum absolute atomic E-state index is 13.7. The van der Waals surface area contributed by atoms with Gasteiger partial charge in [-0.2, -0.15) is 13.2 Å². The van der Waals surface area contributed by atoms with Crippen LogP contribution in [0.4, 0.5) is 24.8 Å². The number of fused-ring (bicyclic) bond motifs is 1. The van der Waals surface area contributed by atoms with Crippen molar-refractivity contribution in [2.75, 3.05) is 31.3 Å². The second-order valence-electron chi connectivity index (χ2n) is 7.56. The molecule has 0 saturated carbocycles. The fourth-order valence-electron chi connectivity index (χ4n) is 3.47. The maximum atomic E-state index is 13.7. The number of ether oxygens (including phenoxy) is 1. The summed E-state index contributed by atoms with van der Waals surface area (Å²) in [6.07, 6.45) is -3.26. The Kier molecular flexibility index (Phi) is 7.15. The molecule has 2 N–H and O–H groups in total. The number of hydrogen-bond donors (Lipinski definition) is 2. The average molecular weight is 533 g/mol. The second kappa shape index (κ2) is 9.78. The van der Waals surface area contributed by atoms with E-state index < -0.39 is 27.3 Å². The van der Waals surface area contributed by atoms with Crippen LogP contribution in [0.15, 0.2) is 34.7 Å². The lowest BCUT2D eigenvalue weighted by molar-refractivity contribution is -0.137. The first-order valence-electron chi connectivity index (χ1n) is 10.1. The number of sulfone groups is 1. The molecular weight excluding hydrogens is 513 g/mol. The van der Waals surface area contributed by atoms with E-state index in [0.29, 0.717) is 23.5 Å². The number of alkyl halides is 3. The predicted molar refractivity (Wildman–Crippen MR) is 124 cm³/mol. The van der Waals surface area contributed by atoms with Crippen molar-refractivity contribution in [3.63, 3.8) is 0 Å². The molecule has 3 aromatic rings.